The van der Waals surface area contributed by atoms with Crippen molar-refractivity contribution < 1.29 is 31.9 Å². The molecule has 7 rings (SSSR count). The SMILES string of the molecule is Cc1cn([C@H]2C[C@H](O[Si](C)(C)C(C)(C)C)[C@@H](COP(=O)(N[C@@H]3CC4CC([C@H]3C)C4(C)C)O[C@H]3C[C@H](n4cc(C)c(=O)[nH]c4=O)O[C@@H]3CO[Si](C)(C)C(C)(C)C)O2)c(=O)[nH]c1=O. The van der Waals surface area contributed by atoms with E-state index < -0.39 is 83.8 Å². The zero-order valence-electron chi connectivity index (χ0n) is 39.0. The quantitative estimate of drug-likeness (QED) is 0.132. The average Bonchev–Trinajstić information content (AvgIpc) is 3.71. The fourth-order valence-electron chi connectivity index (χ4n) is 8.91. The molecule has 3 unspecified atom stereocenters. The third-order valence-corrected chi connectivity index (χ3v) is 26.0. The average molecular weight is 910 g/mol. The molecule has 61 heavy (non-hydrogen) atoms. The van der Waals surface area contributed by atoms with Crippen molar-refractivity contribution in [2.75, 3.05) is 13.2 Å². The number of rotatable bonds is 14. The van der Waals surface area contributed by atoms with Gasteiger partial charge in [0.05, 0.1) is 19.3 Å². The molecule has 2 aromatic heterocycles. The normalized spacial score (nSPS) is 31.5. The van der Waals surface area contributed by atoms with Crippen LogP contribution >= 0.6 is 7.75 Å². The third kappa shape index (κ3) is 9.88. The van der Waals surface area contributed by atoms with Crippen LogP contribution in [0.4, 0.5) is 0 Å². The summed E-state index contributed by atoms with van der Waals surface area (Å²) in [7, 11) is -8.96. The van der Waals surface area contributed by atoms with Crippen molar-refractivity contribution in [3.05, 3.63) is 65.2 Å². The molecule has 2 aromatic rings. The van der Waals surface area contributed by atoms with Gasteiger partial charge in [0.1, 0.15) is 30.8 Å². The fourth-order valence-corrected chi connectivity index (χ4v) is 13.1. The van der Waals surface area contributed by atoms with Gasteiger partial charge in [0.25, 0.3) is 11.1 Å². The fraction of sp³-hybridized carbons (Fsp3) is 0.810. The molecule has 2 saturated heterocycles. The van der Waals surface area contributed by atoms with E-state index in [0.717, 1.165) is 12.8 Å². The van der Waals surface area contributed by atoms with E-state index in [1.807, 2.05) is 0 Å². The van der Waals surface area contributed by atoms with Crippen molar-refractivity contribution in [2.45, 2.75) is 181 Å². The van der Waals surface area contributed by atoms with Crippen LogP contribution in [-0.4, -0.2) is 79.4 Å². The highest BCUT2D eigenvalue weighted by molar-refractivity contribution is 7.51. The van der Waals surface area contributed by atoms with Crippen LogP contribution in [0.2, 0.25) is 36.3 Å². The number of hydrogen-bond donors (Lipinski definition) is 3. The van der Waals surface area contributed by atoms with Gasteiger partial charge in [-0.3, -0.25) is 37.7 Å². The largest absolute Gasteiger partial charge is 0.414 e. The molecular formula is C42H72N5O11PSi2. The van der Waals surface area contributed by atoms with Crippen molar-refractivity contribution in [2.24, 2.45) is 23.2 Å². The molecule has 19 heteroatoms. The molecule has 3 N–H and O–H groups in total. The van der Waals surface area contributed by atoms with Crippen LogP contribution in [0.1, 0.15) is 112 Å². The van der Waals surface area contributed by atoms with E-state index in [1.165, 1.54) is 21.5 Å². The molecule has 3 saturated carbocycles. The van der Waals surface area contributed by atoms with Gasteiger partial charge >= 0.3 is 19.1 Å². The first-order valence-corrected chi connectivity index (χ1v) is 29.3. The van der Waals surface area contributed by atoms with Crippen LogP contribution in [0.3, 0.4) is 0 Å². The molecule has 3 aliphatic carbocycles. The standard InChI is InChI=1S/C42H72N5O11PSi2/c1-24-20-46(38(50)43-36(24)48)34-18-30(33(56-34)23-54-60(12,13)40(4,5)6)57-59(52,45-29-17-27-16-28(26(29)3)42(27,10)11)53-22-32-31(58-61(14,15)41(7,8)9)19-35(55-32)47-21-25(2)37(49)44-39(47)51/h20-21,26-35H,16-19,22-23H2,1-15H3,(H,45,52)(H,43,48,50)(H,44,49,51)/t26-,27?,28?,29-,30+,31+,32-,33-,34-,35-,59?/m1/s1. The molecule has 16 nitrogen and oxygen atoms in total. The molecule has 2 bridgehead atoms. The summed E-state index contributed by atoms with van der Waals surface area (Å²) in [5.41, 5.74) is -1.31. The number of aryl methyl sites for hydroxylation is 2. The summed E-state index contributed by atoms with van der Waals surface area (Å²) < 4.78 is 58.3. The Labute approximate surface area is 362 Å². The third-order valence-electron chi connectivity index (χ3n) is 15.3. The Bertz CT molecular complexity index is 2220. The zero-order valence-corrected chi connectivity index (χ0v) is 41.9. The summed E-state index contributed by atoms with van der Waals surface area (Å²) in [5, 5.41) is 3.15. The molecule has 11 atom stereocenters. The van der Waals surface area contributed by atoms with Crippen molar-refractivity contribution in [3.8, 4) is 0 Å². The highest BCUT2D eigenvalue weighted by Gasteiger charge is 2.58. The van der Waals surface area contributed by atoms with E-state index in [0.29, 0.717) is 29.4 Å². The van der Waals surface area contributed by atoms with Gasteiger partial charge in [-0.2, -0.15) is 0 Å². The molecular weight excluding hydrogens is 838 g/mol. The van der Waals surface area contributed by atoms with Crippen LogP contribution in [0, 0.1) is 37.0 Å². The Morgan fingerprint density at radius 2 is 1.28 bits per heavy atom. The maximum atomic E-state index is 15.6. The van der Waals surface area contributed by atoms with Gasteiger partial charge in [-0.1, -0.05) is 62.3 Å². The minimum atomic E-state index is -4.24. The number of ether oxygens (including phenoxy) is 2. The van der Waals surface area contributed by atoms with Gasteiger partial charge < -0.3 is 18.3 Å². The van der Waals surface area contributed by atoms with Gasteiger partial charge in [0.2, 0.25) is 0 Å². The van der Waals surface area contributed by atoms with Crippen LogP contribution in [-0.2, 0) is 31.9 Å². The first-order chi connectivity index (χ1) is 27.9. The first-order valence-electron chi connectivity index (χ1n) is 21.9. The Balaban J connectivity index is 1.33. The van der Waals surface area contributed by atoms with Gasteiger partial charge in [-0.25, -0.2) is 19.2 Å². The van der Waals surface area contributed by atoms with E-state index in [4.69, 9.17) is 27.4 Å². The van der Waals surface area contributed by atoms with Crippen molar-refractivity contribution in [1.82, 2.24) is 24.2 Å². The van der Waals surface area contributed by atoms with Crippen LogP contribution in [0.15, 0.2) is 31.6 Å². The Morgan fingerprint density at radius 1 is 0.787 bits per heavy atom. The van der Waals surface area contributed by atoms with Gasteiger partial charge in [0.15, 0.2) is 16.6 Å². The number of H-pyrrole nitrogens is 2. The second-order valence-corrected chi connectivity index (χ2v) is 33.1. The molecule has 4 heterocycles. The monoisotopic (exact) mass is 909 g/mol. The smallest absolute Gasteiger partial charge is 0.406 e. The molecule has 5 aliphatic rings. The molecule has 2 aliphatic heterocycles. The molecule has 0 spiro atoms. The molecule has 0 amide bonds. The lowest BCUT2D eigenvalue weighted by Gasteiger charge is -2.62. The highest BCUT2D eigenvalue weighted by atomic mass is 31.2. The minimum absolute atomic E-state index is 0.110. The minimum Gasteiger partial charge on any atom is -0.414 e. The highest BCUT2D eigenvalue weighted by Crippen LogP contribution is 2.63. The lowest BCUT2D eigenvalue weighted by molar-refractivity contribution is -0.113. The van der Waals surface area contributed by atoms with E-state index in [-0.39, 0.29) is 47.1 Å². The van der Waals surface area contributed by atoms with Crippen LogP contribution in [0.25, 0.3) is 0 Å². The van der Waals surface area contributed by atoms with Gasteiger partial charge in [0, 0.05) is 42.4 Å². The van der Waals surface area contributed by atoms with E-state index in [9.17, 15) is 19.2 Å². The van der Waals surface area contributed by atoms with Gasteiger partial charge in [-0.15, -0.1) is 0 Å². The van der Waals surface area contributed by atoms with Crippen LogP contribution in [0.5, 0.6) is 0 Å². The first kappa shape index (κ1) is 48.2. The lowest BCUT2D eigenvalue weighted by Crippen LogP contribution is -2.59. The van der Waals surface area contributed by atoms with Crippen molar-refractivity contribution in [1.29, 1.82) is 0 Å². The summed E-state index contributed by atoms with van der Waals surface area (Å²) >= 11 is 0. The molecule has 5 fully saturated rings. The Kier molecular flexibility index (Phi) is 13.4. The van der Waals surface area contributed by atoms with Crippen molar-refractivity contribution in [3.63, 3.8) is 0 Å². The predicted molar refractivity (Wildman–Crippen MR) is 239 cm³/mol. The van der Waals surface area contributed by atoms with Crippen LogP contribution < -0.4 is 27.6 Å². The maximum absolute atomic E-state index is 15.6. The second kappa shape index (κ2) is 16.9. The van der Waals surface area contributed by atoms with E-state index in [1.54, 1.807) is 13.8 Å². The summed E-state index contributed by atoms with van der Waals surface area (Å²) in [6.07, 6.45) is 0.750. The molecule has 344 valence electrons. The maximum Gasteiger partial charge on any atom is 0.406 e. The zero-order chi connectivity index (χ0) is 45.4. The van der Waals surface area contributed by atoms with Crippen molar-refractivity contribution >= 4 is 24.4 Å². The molecule has 0 radical (unpaired) electrons. The van der Waals surface area contributed by atoms with E-state index in [2.05, 4.69) is 104 Å². The topological polar surface area (TPSA) is 194 Å². The summed E-state index contributed by atoms with van der Waals surface area (Å²) in [4.78, 5) is 55.6. The number of nitrogens with zero attached hydrogens (tertiary/aromatic N) is 2. The summed E-state index contributed by atoms with van der Waals surface area (Å²) in [6.45, 7) is 31.4. The van der Waals surface area contributed by atoms with E-state index >= 15 is 4.57 Å². The Morgan fingerprint density at radius 3 is 1.75 bits per heavy atom. The predicted octanol–water partition coefficient (Wildman–Crippen LogP) is 6.86. The summed E-state index contributed by atoms with van der Waals surface area (Å²) in [5.74, 6) is 1.05. The molecule has 0 aromatic carbocycles. The lowest BCUT2D eigenvalue weighted by atomic mass is 9.45. The number of aromatic nitrogens is 4. The summed E-state index contributed by atoms with van der Waals surface area (Å²) in [6, 6.07) is -0.175. The van der Waals surface area contributed by atoms with Gasteiger partial charge in [-0.05, 0) is 86.1 Å². The number of aromatic amines is 2. The number of nitrogens with one attached hydrogen (secondary N) is 3. The number of fused-ring (bicyclic) bond motifs is 2. The Hall–Kier alpha value is -2.26. The second-order valence-electron chi connectivity index (χ2n) is 21.8. The number of hydrogen-bond acceptors (Lipinski definition) is 11.